The first-order chi connectivity index (χ1) is 15.9. The van der Waals surface area contributed by atoms with Crippen LogP contribution < -0.4 is 5.32 Å². The van der Waals surface area contributed by atoms with Crippen LogP contribution in [0.4, 0.5) is 5.82 Å². The van der Waals surface area contributed by atoms with Gasteiger partial charge in [0.15, 0.2) is 11.6 Å². The van der Waals surface area contributed by atoms with Crippen LogP contribution in [0.5, 0.6) is 0 Å². The molecule has 190 valence electrons. The van der Waals surface area contributed by atoms with Gasteiger partial charge in [-0.3, -0.25) is 9.13 Å². The van der Waals surface area contributed by atoms with Gasteiger partial charge in [0.25, 0.3) is 0 Å². The van der Waals surface area contributed by atoms with E-state index >= 15 is 0 Å². The number of aromatic nitrogens is 4. The molecule has 0 bridgehead atoms. The fourth-order valence-electron chi connectivity index (χ4n) is 4.18. The van der Waals surface area contributed by atoms with E-state index in [0.29, 0.717) is 16.9 Å². The van der Waals surface area contributed by atoms with E-state index < -0.39 is 52.1 Å². The summed E-state index contributed by atoms with van der Waals surface area (Å²) in [6, 6.07) is 0.279. The van der Waals surface area contributed by atoms with E-state index in [1.54, 1.807) is 6.20 Å². The van der Waals surface area contributed by atoms with Gasteiger partial charge in [-0.15, -0.1) is 0 Å². The number of aliphatic hydroxyl groups is 2. The second-order valence-corrected chi connectivity index (χ2v) is 12.8. The van der Waals surface area contributed by atoms with Gasteiger partial charge in [0.05, 0.1) is 24.7 Å². The quantitative estimate of drug-likeness (QED) is 0.190. The summed E-state index contributed by atoms with van der Waals surface area (Å²) in [5.74, 6) is -0.817. The van der Waals surface area contributed by atoms with Gasteiger partial charge in [0.1, 0.15) is 30.2 Å². The number of aliphatic hydroxyl groups excluding tert-OH is 2. The molecule has 34 heavy (non-hydrogen) atoms. The summed E-state index contributed by atoms with van der Waals surface area (Å²) in [4.78, 5) is 35.8. The zero-order valence-corrected chi connectivity index (χ0v) is 20.4. The number of hydrogen-bond acceptors (Lipinski definition) is 10. The van der Waals surface area contributed by atoms with Crippen molar-refractivity contribution >= 4 is 43.6 Å². The van der Waals surface area contributed by atoms with Crippen LogP contribution >= 0.6 is 26.8 Å². The van der Waals surface area contributed by atoms with Gasteiger partial charge in [0, 0.05) is 6.04 Å². The Morgan fingerprint density at radius 2 is 1.82 bits per heavy atom. The number of hydrogen-bond donors (Lipinski definition) is 6. The molecule has 2 aliphatic rings. The van der Waals surface area contributed by atoms with Crippen LogP contribution in [0.1, 0.15) is 25.7 Å². The van der Waals surface area contributed by atoms with Crippen LogP contribution in [0, 0.1) is 0 Å². The van der Waals surface area contributed by atoms with Gasteiger partial charge in [-0.05, 0) is 24.4 Å². The molecule has 1 aliphatic carbocycles. The molecule has 3 heterocycles. The maximum absolute atomic E-state index is 11.8. The maximum Gasteiger partial charge on any atom is 0.340 e. The predicted octanol–water partition coefficient (Wildman–Crippen LogP) is 0.661. The van der Waals surface area contributed by atoms with Crippen molar-refractivity contribution in [2.75, 3.05) is 17.8 Å². The number of anilines is 1. The summed E-state index contributed by atoms with van der Waals surface area (Å²) in [6.45, 7) is -0.695. The molecule has 1 saturated heterocycles. The van der Waals surface area contributed by atoms with E-state index in [9.17, 15) is 24.2 Å². The van der Waals surface area contributed by atoms with E-state index in [1.165, 1.54) is 4.68 Å². The van der Waals surface area contributed by atoms with Crippen LogP contribution in [-0.2, 0) is 24.9 Å². The van der Waals surface area contributed by atoms with E-state index in [4.69, 9.17) is 30.6 Å². The molecular formula is C17H26ClN5O9P2. The first kappa shape index (κ1) is 25.9. The molecule has 1 saturated carbocycles. The Morgan fingerprint density at radius 3 is 2.50 bits per heavy atom. The Bertz CT molecular complexity index is 1120. The molecule has 1 unspecified atom stereocenters. The molecular weight excluding hydrogens is 516 g/mol. The number of fused-ring (bicyclic) bond motifs is 1. The average Bonchev–Trinajstić information content (AvgIpc) is 3.42. The summed E-state index contributed by atoms with van der Waals surface area (Å²) >= 11 is 6.11. The molecule has 2 aromatic rings. The fourth-order valence-corrected chi connectivity index (χ4v) is 6.92. The van der Waals surface area contributed by atoms with Crippen LogP contribution in [-0.4, -0.2) is 87.6 Å². The lowest BCUT2D eigenvalue weighted by atomic mass is 10.1. The zero-order valence-electron chi connectivity index (χ0n) is 17.8. The third kappa shape index (κ3) is 6.14. The third-order valence-corrected chi connectivity index (χ3v) is 9.41. The van der Waals surface area contributed by atoms with E-state index in [1.807, 2.05) is 0 Å². The standard InChI is InChI=1S/C17H26ClN5O9P2/c18-17-21-15(20-9-3-1-2-4-9)10-5-19-23(16(10)22-17)6-11-13(24)14(25)12(32-11)7-31-34(29,30)8-33(26,27)28/h5,9,11-14,24-25H,1-4,6-8H2,(H,29,30)(H,20,21,22)(H2,26,27,28)/t11-,12-,13+,14-/m1/s1. The molecule has 0 aromatic carbocycles. The normalized spacial score (nSPS) is 27.9. The molecule has 0 spiro atoms. The molecule has 5 atom stereocenters. The number of nitrogens with one attached hydrogen (secondary N) is 1. The molecule has 6 N–H and O–H groups in total. The van der Waals surface area contributed by atoms with E-state index in [0.717, 1.165) is 25.7 Å². The lowest BCUT2D eigenvalue weighted by Crippen LogP contribution is -2.35. The van der Waals surface area contributed by atoms with E-state index in [2.05, 4.69) is 20.4 Å². The Labute approximate surface area is 199 Å². The van der Waals surface area contributed by atoms with Crippen LogP contribution in [0.3, 0.4) is 0 Å². The van der Waals surface area contributed by atoms with Gasteiger partial charge in [-0.2, -0.15) is 15.1 Å². The smallest absolute Gasteiger partial charge is 0.340 e. The third-order valence-electron chi connectivity index (χ3n) is 5.78. The van der Waals surface area contributed by atoms with Crippen molar-refractivity contribution in [3.8, 4) is 0 Å². The van der Waals surface area contributed by atoms with Gasteiger partial charge in [-0.1, -0.05) is 12.8 Å². The first-order valence-electron chi connectivity index (χ1n) is 10.6. The lowest BCUT2D eigenvalue weighted by molar-refractivity contribution is -0.0234. The van der Waals surface area contributed by atoms with Gasteiger partial charge in [-0.25, -0.2) is 4.68 Å². The minimum Gasteiger partial charge on any atom is -0.388 e. The monoisotopic (exact) mass is 541 g/mol. The van der Waals surface area contributed by atoms with Crippen molar-refractivity contribution in [1.29, 1.82) is 0 Å². The molecule has 14 nitrogen and oxygen atoms in total. The van der Waals surface area contributed by atoms with Crippen molar-refractivity contribution < 1.29 is 43.3 Å². The Kier molecular flexibility index (Phi) is 7.66. The highest BCUT2D eigenvalue weighted by atomic mass is 35.5. The summed E-state index contributed by atoms with van der Waals surface area (Å²) < 4.78 is 34.6. The molecule has 0 amide bonds. The molecule has 2 fully saturated rings. The Morgan fingerprint density at radius 1 is 1.15 bits per heavy atom. The summed E-state index contributed by atoms with van der Waals surface area (Å²) in [5.41, 5.74) is 0.395. The molecule has 17 heteroatoms. The van der Waals surface area contributed by atoms with E-state index in [-0.39, 0.29) is 17.9 Å². The second-order valence-electron chi connectivity index (χ2n) is 8.46. The van der Waals surface area contributed by atoms with Crippen molar-refractivity contribution in [3.05, 3.63) is 11.5 Å². The second kappa shape index (κ2) is 10.1. The van der Waals surface area contributed by atoms with Gasteiger partial charge >= 0.3 is 15.2 Å². The Hall–Kier alpha value is -1.18. The highest BCUT2D eigenvalue weighted by Gasteiger charge is 2.44. The van der Waals surface area contributed by atoms with Crippen molar-refractivity contribution in [3.63, 3.8) is 0 Å². The zero-order chi connectivity index (χ0) is 24.7. The van der Waals surface area contributed by atoms with Crippen LogP contribution in [0.25, 0.3) is 11.0 Å². The summed E-state index contributed by atoms with van der Waals surface area (Å²) in [5, 5.41) is 29.0. The highest BCUT2D eigenvalue weighted by molar-refractivity contribution is 7.70. The molecule has 4 rings (SSSR count). The summed E-state index contributed by atoms with van der Waals surface area (Å²) in [6.07, 6.45) is 0.822. The number of rotatable bonds is 9. The number of ether oxygens (including phenoxy) is 1. The largest absolute Gasteiger partial charge is 0.388 e. The van der Waals surface area contributed by atoms with Gasteiger partial charge in [0.2, 0.25) is 5.28 Å². The number of halogens is 1. The first-order valence-corrected chi connectivity index (χ1v) is 14.5. The van der Waals surface area contributed by atoms with Crippen molar-refractivity contribution in [1.82, 2.24) is 19.7 Å². The molecule has 0 radical (unpaired) electrons. The van der Waals surface area contributed by atoms with Gasteiger partial charge < -0.3 is 39.5 Å². The average molecular weight is 542 g/mol. The highest BCUT2D eigenvalue weighted by Crippen LogP contribution is 2.55. The molecule has 2 aromatic heterocycles. The van der Waals surface area contributed by atoms with Crippen LogP contribution in [0.2, 0.25) is 5.28 Å². The molecule has 1 aliphatic heterocycles. The van der Waals surface area contributed by atoms with Crippen molar-refractivity contribution in [2.45, 2.75) is 62.7 Å². The number of nitrogens with zero attached hydrogens (tertiary/aromatic N) is 4. The SMILES string of the molecule is O=P(O)(O)CP(=O)(O)OC[C@H]1O[C@H](Cn2ncc3c(NC4CCCC4)nc(Cl)nc32)[C@H](O)[C@@H]1O. The minimum absolute atomic E-state index is 0.0118. The Balaban J connectivity index is 1.45. The fraction of sp³-hybridized carbons (Fsp3) is 0.706. The lowest BCUT2D eigenvalue weighted by Gasteiger charge is -2.18. The van der Waals surface area contributed by atoms with Crippen molar-refractivity contribution in [2.24, 2.45) is 0 Å². The minimum atomic E-state index is -4.80. The predicted molar refractivity (Wildman–Crippen MR) is 120 cm³/mol. The summed E-state index contributed by atoms with van der Waals surface area (Å²) in [7, 11) is -9.44. The maximum atomic E-state index is 11.8. The topological polar surface area (TPSA) is 209 Å². The van der Waals surface area contributed by atoms with Crippen LogP contribution in [0.15, 0.2) is 6.20 Å².